The third kappa shape index (κ3) is 11.0. The van der Waals surface area contributed by atoms with Gasteiger partial charge >= 0.3 is 371 Å². The predicted molar refractivity (Wildman–Crippen MR) is 265 cm³/mol. The maximum atomic E-state index is 8.21. The summed E-state index contributed by atoms with van der Waals surface area (Å²) < 4.78 is 24.4. The molecule has 0 unspecified atom stereocenters. The average molecular weight is 837 g/mol. The summed E-state index contributed by atoms with van der Waals surface area (Å²) in [5.41, 5.74) is 7.70. The monoisotopic (exact) mass is 837 g/mol. The van der Waals surface area contributed by atoms with Gasteiger partial charge in [-0.05, 0) is 0 Å². The minimum atomic E-state index is -4.27. The Bertz CT molecular complexity index is 2010. The van der Waals surface area contributed by atoms with Crippen LogP contribution in [0.4, 0.5) is 0 Å². The summed E-state index contributed by atoms with van der Waals surface area (Å²) in [4.78, 5) is 0. The van der Waals surface area contributed by atoms with E-state index in [2.05, 4.69) is 239 Å². The van der Waals surface area contributed by atoms with E-state index in [9.17, 15) is 0 Å². The van der Waals surface area contributed by atoms with E-state index in [1.807, 2.05) is 0 Å². The van der Waals surface area contributed by atoms with Gasteiger partial charge in [0.2, 0.25) is 0 Å². The maximum absolute atomic E-state index is 8.21. The molecule has 0 radical (unpaired) electrons. The molecule has 332 valence electrons. The second-order valence-corrected chi connectivity index (χ2v) is 27.9. The fraction of sp³-hybridized carbons (Fsp3) is 0.571. The standard InChI is InChI=1S/C56H85O3P/c1-49(2,3)37-31-33-45(43(35-37)55(19,20)21)57-60(48-41(53(13,14)15)29-26-30-42(48)54(16,17)18,58-46-34-32-38(50(4,5)6)36-44(46)56(22,23)24)59-47-39(51(7,8)9)27-25-28-40(47)52(10,11)12/h25-36,60H,1-24H3. The van der Waals surface area contributed by atoms with Gasteiger partial charge < -0.3 is 0 Å². The second kappa shape index (κ2) is 16.1. The van der Waals surface area contributed by atoms with Crippen LogP contribution in [0.5, 0.6) is 17.2 Å². The van der Waals surface area contributed by atoms with E-state index in [1.165, 1.54) is 22.3 Å². The fourth-order valence-corrected chi connectivity index (χ4v) is 11.4. The van der Waals surface area contributed by atoms with Crippen LogP contribution in [0.3, 0.4) is 0 Å². The van der Waals surface area contributed by atoms with Gasteiger partial charge in [-0.1, -0.05) is 0 Å². The first-order chi connectivity index (χ1) is 26.8. The summed E-state index contributed by atoms with van der Waals surface area (Å²) in [6.07, 6.45) is 0. The molecule has 0 aliphatic rings. The van der Waals surface area contributed by atoms with Crippen LogP contribution < -0.4 is 18.9 Å². The van der Waals surface area contributed by atoms with Crippen molar-refractivity contribution in [2.75, 3.05) is 0 Å². The summed E-state index contributed by atoms with van der Waals surface area (Å²) in [5.74, 6) is 2.43. The second-order valence-electron chi connectivity index (χ2n) is 25.7. The normalized spacial score (nSPS) is 14.3. The first-order valence-corrected chi connectivity index (χ1v) is 24.2. The van der Waals surface area contributed by atoms with E-state index in [1.54, 1.807) is 0 Å². The van der Waals surface area contributed by atoms with Crippen molar-refractivity contribution in [2.24, 2.45) is 0 Å². The average Bonchev–Trinajstić information content (AvgIpc) is 3.04. The van der Waals surface area contributed by atoms with Crippen LogP contribution >= 0.6 is 7.94 Å². The van der Waals surface area contributed by atoms with Gasteiger partial charge in [-0.25, -0.2) is 0 Å². The van der Waals surface area contributed by atoms with Crippen molar-refractivity contribution in [2.45, 2.75) is 209 Å². The molecule has 0 fully saturated rings. The summed E-state index contributed by atoms with van der Waals surface area (Å²) in [5, 5.41) is 1.04. The van der Waals surface area contributed by atoms with Gasteiger partial charge in [0.1, 0.15) is 0 Å². The Labute approximate surface area is 369 Å². The zero-order valence-corrected chi connectivity index (χ0v) is 43.7. The van der Waals surface area contributed by atoms with E-state index in [0.29, 0.717) is 0 Å². The molecule has 0 N–H and O–H groups in total. The Kier molecular flexibility index (Phi) is 13.3. The van der Waals surface area contributed by atoms with Crippen LogP contribution in [0.15, 0.2) is 72.8 Å². The number of rotatable bonds is 7. The first-order valence-electron chi connectivity index (χ1n) is 22.4. The number of benzene rings is 4. The zero-order valence-electron chi connectivity index (χ0n) is 42.7. The van der Waals surface area contributed by atoms with Crippen molar-refractivity contribution in [3.63, 3.8) is 0 Å². The molecule has 4 rings (SSSR count). The zero-order chi connectivity index (χ0) is 46.0. The Morgan fingerprint density at radius 3 is 0.850 bits per heavy atom. The fourth-order valence-electron chi connectivity index (χ4n) is 7.94. The topological polar surface area (TPSA) is 27.7 Å². The molecule has 0 bridgehead atoms. The van der Waals surface area contributed by atoms with Crippen LogP contribution in [-0.2, 0) is 43.3 Å². The van der Waals surface area contributed by atoms with Crippen molar-refractivity contribution in [3.8, 4) is 17.2 Å². The summed E-state index contributed by atoms with van der Waals surface area (Å²) >= 11 is 0. The molecule has 4 heteroatoms. The summed E-state index contributed by atoms with van der Waals surface area (Å²) in [6.45, 7) is 54.9. The van der Waals surface area contributed by atoms with E-state index >= 15 is 0 Å². The quantitative estimate of drug-likeness (QED) is 0.174. The van der Waals surface area contributed by atoms with Gasteiger partial charge in [0, 0.05) is 0 Å². The molecule has 0 spiro atoms. The van der Waals surface area contributed by atoms with Gasteiger partial charge in [0.15, 0.2) is 0 Å². The predicted octanol–water partition coefficient (Wildman–Crippen LogP) is 16.4. The van der Waals surface area contributed by atoms with Gasteiger partial charge in [-0.15, -0.1) is 0 Å². The number of para-hydroxylation sites is 1. The summed E-state index contributed by atoms with van der Waals surface area (Å²) in [7, 11) is -4.27. The van der Waals surface area contributed by atoms with Crippen molar-refractivity contribution in [3.05, 3.63) is 117 Å². The summed E-state index contributed by atoms with van der Waals surface area (Å²) in [6, 6.07) is 27.0. The van der Waals surface area contributed by atoms with Crippen molar-refractivity contribution < 1.29 is 13.6 Å². The molecule has 4 aromatic rings. The van der Waals surface area contributed by atoms with Crippen LogP contribution in [0.2, 0.25) is 0 Å². The molecule has 0 heterocycles. The molecule has 0 aliphatic heterocycles. The number of hydrogen-bond acceptors (Lipinski definition) is 3. The molecule has 0 aromatic heterocycles. The molecule has 60 heavy (non-hydrogen) atoms. The van der Waals surface area contributed by atoms with E-state index in [-0.39, 0.29) is 43.3 Å². The first kappa shape index (κ1) is 49.4. The molecule has 4 aromatic carbocycles. The Morgan fingerprint density at radius 1 is 0.300 bits per heavy atom. The van der Waals surface area contributed by atoms with Crippen LogP contribution in [0.25, 0.3) is 0 Å². The van der Waals surface area contributed by atoms with Crippen LogP contribution in [0, 0.1) is 0 Å². The Hall–Kier alpha value is -3.29. The van der Waals surface area contributed by atoms with Crippen LogP contribution in [-0.4, -0.2) is 0 Å². The van der Waals surface area contributed by atoms with E-state index in [0.717, 1.165) is 44.8 Å². The van der Waals surface area contributed by atoms with Crippen molar-refractivity contribution >= 4 is 13.2 Å². The van der Waals surface area contributed by atoms with Crippen molar-refractivity contribution in [1.82, 2.24) is 0 Å². The van der Waals surface area contributed by atoms with Gasteiger partial charge in [-0.3, -0.25) is 0 Å². The third-order valence-electron chi connectivity index (χ3n) is 11.7. The molecule has 0 atom stereocenters. The molecular formula is C56H85O3P. The molecular weight excluding hydrogens is 752 g/mol. The molecule has 0 aliphatic carbocycles. The van der Waals surface area contributed by atoms with Gasteiger partial charge in [0.25, 0.3) is 0 Å². The SMILES string of the molecule is CC(C)(C)c1ccc(O[PH](Oc2ccc(C(C)(C)C)cc2C(C)(C)C)(Oc2c(C(C)(C)C)cccc2C(C)(C)C)c2c(C(C)(C)C)cccc2C(C)(C)C)c(C(C)(C)C)c1. The van der Waals surface area contributed by atoms with E-state index in [4.69, 9.17) is 13.6 Å². The molecule has 0 saturated heterocycles. The van der Waals surface area contributed by atoms with Crippen LogP contribution in [0.1, 0.15) is 211 Å². The van der Waals surface area contributed by atoms with E-state index < -0.39 is 7.94 Å². The molecule has 0 amide bonds. The number of hydrogen-bond donors (Lipinski definition) is 0. The van der Waals surface area contributed by atoms with Crippen molar-refractivity contribution in [1.29, 1.82) is 0 Å². The third-order valence-corrected chi connectivity index (χ3v) is 14.3. The minimum absolute atomic E-state index is 0.0536. The Morgan fingerprint density at radius 2 is 0.583 bits per heavy atom. The molecule has 3 nitrogen and oxygen atoms in total. The molecule has 0 saturated carbocycles. The Balaban J connectivity index is 2.42. The van der Waals surface area contributed by atoms with Gasteiger partial charge in [-0.2, -0.15) is 0 Å². The van der Waals surface area contributed by atoms with Gasteiger partial charge in [0.05, 0.1) is 0 Å².